The normalized spacial score (nSPS) is 23.1. The van der Waals surface area contributed by atoms with Gasteiger partial charge in [-0.1, -0.05) is 6.08 Å². The zero-order valence-electron chi connectivity index (χ0n) is 13.2. The van der Waals surface area contributed by atoms with Crippen LogP contribution in [0.25, 0.3) is 5.57 Å². The number of thioether (sulfide) groups is 1. The Balaban J connectivity index is 1.51. The van der Waals surface area contributed by atoms with Crippen molar-refractivity contribution in [2.24, 2.45) is 0 Å². The van der Waals surface area contributed by atoms with Crippen LogP contribution in [-0.2, 0) is 14.6 Å². The summed E-state index contributed by atoms with van der Waals surface area (Å²) in [7, 11) is -2.90. The van der Waals surface area contributed by atoms with Crippen molar-refractivity contribution in [1.82, 2.24) is 9.88 Å². The minimum Gasteiger partial charge on any atom is -0.338 e. The fraction of sp³-hybridized carbons (Fsp3) is 0.500. The molecule has 1 aromatic rings. The summed E-state index contributed by atoms with van der Waals surface area (Å²) in [6, 6.07) is 1.45. The molecule has 1 saturated heterocycles. The van der Waals surface area contributed by atoms with Crippen molar-refractivity contribution < 1.29 is 17.6 Å². The summed E-state index contributed by atoms with van der Waals surface area (Å²) in [4.78, 5) is 17.9. The van der Waals surface area contributed by atoms with Gasteiger partial charge < -0.3 is 4.90 Å². The van der Waals surface area contributed by atoms with Crippen molar-refractivity contribution in [2.75, 3.05) is 30.3 Å². The number of nitrogens with zero attached hydrogens (tertiary/aromatic N) is 2. The van der Waals surface area contributed by atoms with Gasteiger partial charge in [-0.15, -0.1) is 11.8 Å². The molecule has 0 spiro atoms. The first kappa shape index (κ1) is 17.4. The molecule has 0 N–H and O–H groups in total. The van der Waals surface area contributed by atoms with Gasteiger partial charge in [-0.2, -0.15) is 0 Å². The number of sulfone groups is 1. The van der Waals surface area contributed by atoms with Crippen LogP contribution in [0.15, 0.2) is 24.5 Å². The molecular formula is C16H19FN2O3S2. The van der Waals surface area contributed by atoms with Crippen LogP contribution in [0.3, 0.4) is 0 Å². The second-order valence-electron chi connectivity index (χ2n) is 6.05. The second-order valence-corrected chi connectivity index (χ2v) is 9.56. The molecule has 2 aliphatic heterocycles. The largest absolute Gasteiger partial charge is 0.338 e. The van der Waals surface area contributed by atoms with Gasteiger partial charge in [0.15, 0.2) is 9.84 Å². The van der Waals surface area contributed by atoms with Crippen molar-refractivity contribution >= 4 is 33.1 Å². The summed E-state index contributed by atoms with van der Waals surface area (Å²) < 4.78 is 36.1. The Hall–Kier alpha value is -1.41. The Labute approximate surface area is 145 Å². The first-order valence-corrected chi connectivity index (χ1v) is 10.7. The molecule has 0 radical (unpaired) electrons. The Bertz CT molecular complexity index is 764. The van der Waals surface area contributed by atoms with Crippen molar-refractivity contribution in [3.05, 3.63) is 35.9 Å². The SMILES string of the molecule is O=C(CSC1CCS(=O)(=O)C1)N1CC=C(c2cncc(F)c2)CC1. The summed E-state index contributed by atoms with van der Waals surface area (Å²) in [6.45, 7) is 1.08. The maximum absolute atomic E-state index is 13.2. The summed E-state index contributed by atoms with van der Waals surface area (Å²) in [5.74, 6) is 0.384. The molecule has 1 fully saturated rings. The Morgan fingerprint density at radius 1 is 1.42 bits per heavy atom. The van der Waals surface area contributed by atoms with Gasteiger partial charge >= 0.3 is 0 Å². The third-order valence-electron chi connectivity index (χ3n) is 4.27. The lowest BCUT2D eigenvalue weighted by molar-refractivity contribution is -0.127. The molecular weight excluding hydrogens is 351 g/mol. The van der Waals surface area contributed by atoms with E-state index in [0.29, 0.717) is 31.7 Å². The lowest BCUT2D eigenvalue weighted by Crippen LogP contribution is -2.36. The first-order chi connectivity index (χ1) is 11.4. The molecule has 1 amide bonds. The number of carbonyl (C=O) groups excluding carboxylic acids is 1. The van der Waals surface area contributed by atoms with Gasteiger partial charge in [-0.25, -0.2) is 12.8 Å². The highest BCUT2D eigenvalue weighted by Gasteiger charge is 2.29. The van der Waals surface area contributed by atoms with E-state index in [4.69, 9.17) is 0 Å². The Morgan fingerprint density at radius 3 is 2.88 bits per heavy atom. The van der Waals surface area contributed by atoms with Crippen LogP contribution < -0.4 is 0 Å². The molecule has 24 heavy (non-hydrogen) atoms. The maximum atomic E-state index is 13.2. The van der Waals surface area contributed by atoms with Crippen molar-refractivity contribution in [3.63, 3.8) is 0 Å². The topological polar surface area (TPSA) is 67.3 Å². The number of carbonyl (C=O) groups is 1. The van der Waals surface area contributed by atoms with Gasteiger partial charge in [0, 0.05) is 24.5 Å². The third-order valence-corrected chi connectivity index (χ3v) is 7.54. The van der Waals surface area contributed by atoms with E-state index in [1.165, 1.54) is 24.0 Å². The molecule has 0 aliphatic carbocycles. The summed E-state index contributed by atoms with van der Waals surface area (Å²) >= 11 is 1.44. The van der Waals surface area contributed by atoms with E-state index in [9.17, 15) is 17.6 Å². The minimum atomic E-state index is -2.90. The highest BCUT2D eigenvalue weighted by atomic mass is 32.2. The number of aromatic nitrogens is 1. The molecule has 8 heteroatoms. The summed E-state index contributed by atoms with van der Waals surface area (Å²) in [5, 5.41) is 0.0354. The number of hydrogen-bond acceptors (Lipinski definition) is 5. The molecule has 5 nitrogen and oxygen atoms in total. The van der Waals surface area contributed by atoms with Crippen molar-refractivity contribution in [3.8, 4) is 0 Å². The van der Waals surface area contributed by atoms with Crippen LogP contribution in [-0.4, -0.2) is 59.8 Å². The molecule has 0 aromatic carbocycles. The standard InChI is InChI=1S/C16H19FN2O3S2/c17-14-7-13(8-18-9-14)12-1-4-19(5-2-12)16(20)10-23-15-3-6-24(21,22)11-15/h1,7-9,15H,2-6,10-11H2. The molecule has 3 rings (SSSR count). The maximum Gasteiger partial charge on any atom is 0.232 e. The van der Waals surface area contributed by atoms with E-state index >= 15 is 0 Å². The van der Waals surface area contributed by atoms with Gasteiger partial charge in [0.05, 0.1) is 23.5 Å². The van der Waals surface area contributed by atoms with E-state index in [1.54, 1.807) is 11.1 Å². The van der Waals surface area contributed by atoms with Gasteiger partial charge in [-0.05, 0) is 30.0 Å². The van der Waals surface area contributed by atoms with Crippen molar-refractivity contribution in [1.29, 1.82) is 0 Å². The number of pyridine rings is 1. The lowest BCUT2D eigenvalue weighted by atomic mass is 10.0. The van der Waals surface area contributed by atoms with E-state index in [-0.39, 0.29) is 28.5 Å². The third kappa shape index (κ3) is 4.36. The Kier molecular flexibility index (Phi) is 5.24. The average molecular weight is 370 g/mol. The van der Waals surface area contributed by atoms with E-state index in [2.05, 4.69) is 4.98 Å². The molecule has 1 aromatic heterocycles. The van der Waals surface area contributed by atoms with Gasteiger partial charge in [0.2, 0.25) is 5.91 Å². The van der Waals surface area contributed by atoms with E-state index in [1.807, 2.05) is 6.08 Å². The van der Waals surface area contributed by atoms with Gasteiger partial charge in [0.25, 0.3) is 0 Å². The first-order valence-electron chi connectivity index (χ1n) is 7.83. The van der Waals surface area contributed by atoms with Crippen LogP contribution in [0, 0.1) is 5.82 Å². The predicted octanol–water partition coefficient (Wildman–Crippen LogP) is 1.76. The summed E-state index contributed by atoms with van der Waals surface area (Å²) in [6.07, 6.45) is 6.03. The number of amides is 1. The van der Waals surface area contributed by atoms with E-state index in [0.717, 1.165) is 11.1 Å². The van der Waals surface area contributed by atoms with Gasteiger partial charge in [-0.3, -0.25) is 9.78 Å². The lowest BCUT2D eigenvalue weighted by Gasteiger charge is -2.27. The fourth-order valence-electron chi connectivity index (χ4n) is 2.92. The molecule has 0 saturated carbocycles. The molecule has 1 atom stereocenters. The van der Waals surface area contributed by atoms with Crippen LogP contribution in [0.4, 0.5) is 4.39 Å². The second kappa shape index (κ2) is 7.23. The number of halogens is 1. The van der Waals surface area contributed by atoms with Gasteiger partial charge in [0.1, 0.15) is 5.82 Å². The highest BCUT2D eigenvalue weighted by Crippen LogP contribution is 2.26. The molecule has 3 heterocycles. The van der Waals surface area contributed by atoms with Crippen LogP contribution in [0.1, 0.15) is 18.4 Å². The van der Waals surface area contributed by atoms with Crippen LogP contribution in [0.2, 0.25) is 0 Å². The number of hydrogen-bond donors (Lipinski definition) is 0. The van der Waals surface area contributed by atoms with E-state index < -0.39 is 9.84 Å². The monoisotopic (exact) mass is 370 g/mol. The summed E-state index contributed by atoms with van der Waals surface area (Å²) in [5.41, 5.74) is 1.76. The van der Waals surface area contributed by atoms with Crippen LogP contribution in [0.5, 0.6) is 0 Å². The quantitative estimate of drug-likeness (QED) is 0.808. The highest BCUT2D eigenvalue weighted by molar-refractivity contribution is 8.02. The van der Waals surface area contributed by atoms with Crippen molar-refractivity contribution in [2.45, 2.75) is 18.1 Å². The predicted molar refractivity (Wildman–Crippen MR) is 92.9 cm³/mol. The van der Waals surface area contributed by atoms with Crippen LogP contribution >= 0.6 is 11.8 Å². The molecule has 2 aliphatic rings. The Morgan fingerprint density at radius 2 is 2.25 bits per heavy atom. The smallest absolute Gasteiger partial charge is 0.232 e. The number of rotatable bonds is 4. The zero-order chi connectivity index (χ0) is 17.2. The molecule has 130 valence electrons. The molecule has 0 bridgehead atoms. The fourth-order valence-corrected chi connectivity index (χ4v) is 6.46. The average Bonchev–Trinajstić information content (AvgIpc) is 2.92. The molecule has 1 unspecified atom stereocenters. The minimum absolute atomic E-state index is 0.0250. The zero-order valence-corrected chi connectivity index (χ0v) is 14.8.